The lowest BCUT2D eigenvalue weighted by Gasteiger charge is -2.41. The van der Waals surface area contributed by atoms with Gasteiger partial charge in [0, 0.05) is 44.8 Å². The van der Waals surface area contributed by atoms with Gasteiger partial charge in [0.2, 0.25) is 5.91 Å². The van der Waals surface area contributed by atoms with Crippen LogP contribution in [0.25, 0.3) is 0 Å². The second-order valence-electron chi connectivity index (χ2n) is 6.57. The Kier molecular flexibility index (Phi) is 5.56. The number of nitrogens with zero attached hydrogens (tertiary/aromatic N) is 4. The smallest absolute Gasteiger partial charge is 0.224 e. The zero-order chi connectivity index (χ0) is 16.2. The Morgan fingerprint density at radius 1 is 1.30 bits per heavy atom. The minimum Gasteiger partial charge on any atom is -0.392 e. The van der Waals surface area contributed by atoms with Gasteiger partial charge in [-0.1, -0.05) is 11.6 Å². The first-order chi connectivity index (χ1) is 11.1. The lowest BCUT2D eigenvalue weighted by molar-refractivity contribution is -0.133. The summed E-state index contributed by atoms with van der Waals surface area (Å²) >= 11 is 5.82. The largest absolute Gasteiger partial charge is 0.392 e. The number of carbonyl (C=O) groups excluding carboxylic acids is 1. The molecule has 3 rings (SSSR count). The predicted octanol–water partition coefficient (Wildman–Crippen LogP) is 1.37. The molecule has 0 saturated carbocycles. The van der Waals surface area contributed by atoms with Crippen molar-refractivity contribution in [2.45, 2.75) is 50.8 Å². The van der Waals surface area contributed by atoms with Crippen LogP contribution in [0, 0.1) is 0 Å². The highest BCUT2D eigenvalue weighted by Crippen LogP contribution is 2.21. The van der Waals surface area contributed by atoms with Gasteiger partial charge in [-0.15, -0.1) is 0 Å². The van der Waals surface area contributed by atoms with Crippen LogP contribution in [-0.2, 0) is 11.3 Å². The van der Waals surface area contributed by atoms with Gasteiger partial charge >= 0.3 is 0 Å². The molecule has 0 bridgehead atoms. The highest BCUT2D eigenvalue weighted by Gasteiger charge is 2.29. The third kappa shape index (κ3) is 4.46. The van der Waals surface area contributed by atoms with Crippen LogP contribution >= 0.6 is 11.6 Å². The van der Waals surface area contributed by atoms with Crippen molar-refractivity contribution in [3.63, 3.8) is 0 Å². The quantitative estimate of drug-likeness (QED) is 0.899. The van der Waals surface area contributed by atoms with Gasteiger partial charge in [0.05, 0.1) is 17.3 Å². The number of β-amino-alcohol motifs (C(OH)–C–C–N with tert-alkyl or cyclic N) is 1. The van der Waals surface area contributed by atoms with Crippen LogP contribution in [-0.4, -0.2) is 68.9 Å². The molecule has 1 aromatic rings. The minimum absolute atomic E-state index is 0.177. The van der Waals surface area contributed by atoms with Gasteiger partial charge in [0.1, 0.15) is 0 Å². The predicted molar refractivity (Wildman–Crippen MR) is 88.3 cm³/mol. The summed E-state index contributed by atoms with van der Waals surface area (Å²) in [6, 6.07) is 0.513. The molecular weight excluding hydrogens is 316 g/mol. The van der Waals surface area contributed by atoms with E-state index < -0.39 is 0 Å². The van der Waals surface area contributed by atoms with E-state index in [2.05, 4.69) is 10.00 Å². The summed E-state index contributed by atoms with van der Waals surface area (Å²) in [6.07, 6.45) is 7.62. The van der Waals surface area contributed by atoms with E-state index in [9.17, 15) is 9.90 Å². The zero-order valence-corrected chi connectivity index (χ0v) is 14.2. The molecule has 128 valence electrons. The summed E-state index contributed by atoms with van der Waals surface area (Å²) in [4.78, 5) is 16.7. The fourth-order valence-electron chi connectivity index (χ4n) is 3.62. The molecule has 2 saturated heterocycles. The van der Waals surface area contributed by atoms with Crippen LogP contribution < -0.4 is 0 Å². The maximum Gasteiger partial charge on any atom is 0.224 e. The molecule has 7 heteroatoms. The molecule has 2 aliphatic rings. The first kappa shape index (κ1) is 16.7. The van der Waals surface area contributed by atoms with E-state index in [-0.39, 0.29) is 12.0 Å². The van der Waals surface area contributed by atoms with Crippen LogP contribution in [0.5, 0.6) is 0 Å². The van der Waals surface area contributed by atoms with E-state index in [1.165, 1.54) is 0 Å². The minimum atomic E-state index is -0.177. The van der Waals surface area contributed by atoms with Gasteiger partial charge in [-0.05, 0) is 32.2 Å². The maximum atomic E-state index is 12.3. The molecule has 23 heavy (non-hydrogen) atoms. The highest BCUT2D eigenvalue weighted by molar-refractivity contribution is 6.30. The second-order valence-corrected chi connectivity index (χ2v) is 7.01. The van der Waals surface area contributed by atoms with Crippen molar-refractivity contribution in [2.75, 3.05) is 26.2 Å². The van der Waals surface area contributed by atoms with Crippen LogP contribution in [0.1, 0.15) is 32.1 Å². The second kappa shape index (κ2) is 7.64. The molecule has 1 aromatic heterocycles. The summed E-state index contributed by atoms with van der Waals surface area (Å²) < 4.78 is 1.71. The number of hydrogen-bond acceptors (Lipinski definition) is 4. The van der Waals surface area contributed by atoms with E-state index in [4.69, 9.17) is 11.6 Å². The van der Waals surface area contributed by atoms with Crippen molar-refractivity contribution in [3.05, 3.63) is 17.4 Å². The molecule has 2 aliphatic heterocycles. The van der Waals surface area contributed by atoms with Crippen molar-refractivity contribution in [1.82, 2.24) is 19.6 Å². The zero-order valence-electron chi connectivity index (χ0n) is 13.4. The van der Waals surface area contributed by atoms with Crippen LogP contribution in [0.15, 0.2) is 12.4 Å². The van der Waals surface area contributed by atoms with Crippen LogP contribution in [0.3, 0.4) is 0 Å². The number of halogens is 1. The summed E-state index contributed by atoms with van der Waals surface area (Å²) in [6.45, 7) is 4.07. The number of piperidine rings is 2. The van der Waals surface area contributed by atoms with Gasteiger partial charge in [-0.2, -0.15) is 5.10 Å². The van der Waals surface area contributed by atoms with Gasteiger partial charge in [-0.3, -0.25) is 14.4 Å². The Balaban J connectivity index is 1.42. The van der Waals surface area contributed by atoms with E-state index >= 15 is 0 Å². The van der Waals surface area contributed by atoms with Gasteiger partial charge in [-0.25, -0.2) is 0 Å². The van der Waals surface area contributed by atoms with Crippen molar-refractivity contribution < 1.29 is 9.90 Å². The molecule has 1 amide bonds. The SMILES string of the molecule is O=C(CCn1cc(Cl)cn1)N1CCC(N2CCC[C@@H](O)C2)CC1. The topological polar surface area (TPSA) is 61.6 Å². The van der Waals surface area contributed by atoms with Crippen molar-refractivity contribution in [3.8, 4) is 0 Å². The number of likely N-dealkylation sites (tertiary alicyclic amines) is 2. The molecule has 1 N–H and O–H groups in total. The number of rotatable bonds is 4. The third-order valence-electron chi connectivity index (χ3n) is 4.92. The standard InChI is InChI=1S/C16H25ClN4O2/c17-13-10-18-21(11-13)9-5-16(23)19-7-3-14(4-8-19)20-6-1-2-15(22)12-20/h10-11,14-15,22H,1-9,12H2/t15-/m1/s1. The number of aromatic nitrogens is 2. The summed E-state index contributed by atoms with van der Waals surface area (Å²) in [7, 11) is 0. The van der Waals surface area contributed by atoms with Crippen molar-refractivity contribution >= 4 is 17.5 Å². The molecule has 1 atom stereocenters. The fourth-order valence-corrected chi connectivity index (χ4v) is 3.78. The number of amides is 1. The first-order valence-corrected chi connectivity index (χ1v) is 8.87. The van der Waals surface area contributed by atoms with E-state index in [1.807, 2.05) is 4.90 Å². The Hall–Kier alpha value is -1.11. The van der Waals surface area contributed by atoms with Crippen LogP contribution in [0.4, 0.5) is 0 Å². The average molecular weight is 341 g/mol. The number of aliphatic hydroxyl groups is 1. The molecular formula is C16H25ClN4O2. The molecule has 2 fully saturated rings. The molecule has 3 heterocycles. The van der Waals surface area contributed by atoms with E-state index in [0.717, 1.165) is 51.9 Å². The molecule has 0 unspecified atom stereocenters. The van der Waals surface area contributed by atoms with Gasteiger partial charge < -0.3 is 10.0 Å². The molecule has 0 spiro atoms. The highest BCUT2D eigenvalue weighted by atomic mass is 35.5. The Labute approximate surface area is 142 Å². The van der Waals surface area contributed by atoms with Crippen molar-refractivity contribution in [2.24, 2.45) is 0 Å². The molecule has 0 aliphatic carbocycles. The number of hydrogen-bond donors (Lipinski definition) is 1. The molecule has 0 radical (unpaired) electrons. The average Bonchev–Trinajstić information content (AvgIpc) is 2.98. The summed E-state index contributed by atoms with van der Waals surface area (Å²) in [5, 5.41) is 14.5. The Bertz CT molecular complexity index is 528. The van der Waals surface area contributed by atoms with Gasteiger partial charge in [0.15, 0.2) is 0 Å². The number of aryl methyl sites for hydroxylation is 1. The van der Waals surface area contributed by atoms with Gasteiger partial charge in [0.25, 0.3) is 0 Å². The lowest BCUT2D eigenvalue weighted by Crippen LogP contribution is -2.50. The van der Waals surface area contributed by atoms with E-state index in [0.29, 0.717) is 24.0 Å². The summed E-state index contributed by atoms with van der Waals surface area (Å²) in [5.74, 6) is 0.189. The summed E-state index contributed by atoms with van der Waals surface area (Å²) in [5.41, 5.74) is 0. The monoisotopic (exact) mass is 340 g/mol. The van der Waals surface area contributed by atoms with E-state index in [1.54, 1.807) is 17.1 Å². The first-order valence-electron chi connectivity index (χ1n) is 8.49. The third-order valence-corrected chi connectivity index (χ3v) is 5.11. The Morgan fingerprint density at radius 2 is 2.09 bits per heavy atom. The number of aliphatic hydroxyl groups excluding tert-OH is 1. The molecule has 6 nitrogen and oxygen atoms in total. The maximum absolute atomic E-state index is 12.3. The van der Waals surface area contributed by atoms with Crippen LogP contribution in [0.2, 0.25) is 5.02 Å². The lowest BCUT2D eigenvalue weighted by atomic mass is 9.99. The normalized spacial score (nSPS) is 24.1. The number of carbonyl (C=O) groups is 1. The molecule has 0 aromatic carbocycles. The Morgan fingerprint density at radius 3 is 2.74 bits per heavy atom. The fraction of sp³-hybridized carbons (Fsp3) is 0.750. The van der Waals surface area contributed by atoms with Crippen molar-refractivity contribution in [1.29, 1.82) is 0 Å².